The summed E-state index contributed by atoms with van der Waals surface area (Å²) in [4.78, 5) is 15.8. The lowest BCUT2D eigenvalue weighted by Crippen LogP contribution is -2.51. The van der Waals surface area contributed by atoms with E-state index in [0.717, 1.165) is 31.7 Å². The first kappa shape index (κ1) is 18.2. The Morgan fingerprint density at radius 1 is 1.32 bits per heavy atom. The molecule has 2 fully saturated rings. The lowest BCUT2D eigenvalue weighted by Gasteiger charge is -2.39. The highest BCUT2D eigenvalue weighted by Gasteiger charge is 2.43. The Kier molecular flexibility index (Phi) is 5.93. The van der Waals surface area contributed by atoms with E-state index in [4.69, 9.17) is 14.2 Å². The highest BCUT2D eigenvalue weighted by Crippen LogP contribution is 2.34. The molecule has 0 radical (unpaired) electrons. The predicted octanol–water partition coefficient (Wildman–Crippen LogP) is 1.53. The number of carbonyl (C=O) groups is 1. The molecule has 1 aliphatic heterocycles. The third-order valence-corrected chi connectivity index (χ3v) is 5.14. The summed E-state index contributed by atoms with van der Waals surface area (Å²) in [5.74, 6) is 0.915. The molecule has 138 valence electrons. The average molecular weight is 348 g/mol. The number of hydrogen-bond donors (Lipinski definition) is 0. The van der Waals surface area contributed by atoms with Crippen molar-refractivity contribution in [2.45, 2.75) is 37.6 Å². The molecule has 1 aliphatic carbocycles. The molecule has 6 nitrogen and oxygen atoms in total. The zero-order valence-corrected chi connectivity index (χ0v) is 15.3. The SMILES string of the molecule is COc1ccccc1CN1CCO[C@H]2[C@H](OCC(=O)N(C)C)CC[C@@H]21. The van der Waals surface area contributed by atoms with Crippen molar-refractivity contribution in [1.82, 2.24) is 9.80 Å². The van der Waals surface area contributed by atoms with E-state index in [1.807, 2.05) is 18.2 Å². The summed E-state index contributed by atoms with van der Waals surface area (Å²) in [7, 11) is 5.20. The molecule has 1 aromatic carbocycles. The van der Waals surface area contributed by atoms with Crippen LogP contribution in [0.5, 0.6) is 5.75 Å². The van der Waals surface area contributed by atoms with Crippen molar-refractivity contribution in [1.29, 1.82) is 0 Å². The van der Waals surface area contributed by atoms with Crippen LogP contribution in [0.3, 0.4) is 0 Å². The summed E-state index contributed by atoms with van der Waals surface area (Å²) in [6, 6.07) is 8.48. The first-order chi connectivity index (χ1) is 12.1. The largest absolute Gasteiger partial charge is 0.496 e. The van der Waals surface area contributed by atoms with Gasteiger partial charge in [-0.3, -0.25) is 9.69 Å². The maximum absolute atomic E-state index is 11.8. The fraction of sp³-hybridized carbons (Fsp3) is 0.632. The molecule has 1 heterocycles. The molecule has 1 saturated carbocycles. The van der Waals surface area contributed by atoms with Gasteiger partial charge in [0, 0.05) is 38.8 Å². The van der Waals surface area contributed by atoms with Gasteiger partial charge < -0.3 is 19.1 Å². The van der Waals surface area contributed by atoms with E-state index < -0.39 is 0 Å². The van der Waals surface area contributed by atoms with Gasteiger partial charge in [-0.25, -0.2) is 0 Å². The second-order valence-electron chi connectivity index (χ2n) is 6.90. The molecule has 1 aromatic rings. The van der Waals surface area contributed by atoms with Gasteiger partial charge in [-0.2, -0.15) is 0 Å². The number of benzene rings is 1. The number of morpholine rings is 1. The molecule has 1 amide bonds. The number of amides is 1. The number of nitrogens with zero attached hydrogens (tertiary/aromatic N) is 2. The van der Waals surface area contributed by atoms with Crippen molar-refractivity contribution in [2.24, 2.45) is 0 Å². The number of rotatable bonds is 6. The maximum atomic E-state index is 11.8. The Morgan fingerprint density at radius 2 is 2.12 bits per heavy atom. The summed E-state index contributed by atoms with van der Waals surface area (Å²) < 4.78 is 17.4. The van der Waals surface area contributed by atoms with Gasteiger partial charge in [0.2, 0.25) is 5.91 Å². The van der Waals surface area contributed by atoms with E-state index in [9.17, 15) is 4.79 Å². The standard InChI is InChI=1S/C19H28N2O4/c1-20(2)18(22)13-25-17-9-8-15-19(17)24-11-10-21(15)12-14-6-4-5-7-16(14)23-3/h4-7,15,17,19H,8-13H2,1-3H3/t15-,17+,19+/m0/s1. The van der Waals surface area contributed by atoms with Crippen LogP contribution in [-0.4, -0.2) is 74.9 Å². The quantitative estimate of drug-likeness (QED) is 0.780. The number of fused-ring (bicyclic) bond motifs is 1. The summed E-state index contributed by atoms with van der Waals surface area (Å²) in [6.45, 7) is 2.56. The molecular weight excluding hydrogens is 320 g/mol. The first-order valence-electron chi connectivity index (χ1n) is 8.89. The van der Waals surface area contributed by atoms with Gasteiger partial charge in [0.1, 0.15) is 12.4 Å². The molecule has 0 unspecified atom stereocenters. The second-order valence-corrected chi connectivity index (χ2v) is 6.90. The van der Waals surface area contributed by atoms with Gasteiger partial charge in [-0.05, 0) is 18.9 Å². The minimum Gasteiger partial charge on any atom is -0.496 e. The normalized spacial score (nSPS) is 26.3. The molecule has 3 atom stereocenters. The van der Waals surface area contributed by atoms with Crippen LogP contribution in [0.2, 0.25) is 0 Å². The van der Waals surface area contributed by atoms with Gasteiger partial charge >= 0.3 is 0 Å². The molecular formula is C19H28N2O4. The molecule has 25 heavy (non-hydrogen) atoms. The number of likely N-dealkylation sites (N-methyl/N-ethyl adjacent to an activating group) is 1. The van der Waals surface area contributed by atoms with Crippen LogP contribution in [-0.2, 0) is 20.8 Å². The topological polar surface area (TPSA) is 51.2 Å². The number of hydrogen-bond acceptors (Lipinski definition) is 5. The Hall–Kier alpha value is -1.63. The smallest absolute Gasteiger partial charge is 0.248 e. The van der Waals surface area contributed by atoms with Crippen LogP contribution >= 0.6 is 0 Å². The lowest BCUT2D eigenvalue weighted by molar-refractivity contribution is -0.144. The third kappa shape index (κ3) is 4.14. The zero-order chi connectivity index (χ0) is 17.8. The minimum absolute atomic E-state index is 0.00521. The molecule has 0 spiro atoms. The molecule has 2 aliphatic rings. The van der Waals surface area contributed by atoms with Crippen molar-refractivity contribution in [3.8, 4) is 5.75 Å². The van der Waals surface area contributed by atoms with Crippen molar-refractivity contribution in [2.75, 3.05) is 41.0 Å². The van der Waals surface area contributed by atoms with Crippen LogP contribution in [0.15, 0.2) is 24.3 Å². The van der Waals surface area contributed by atoms with Crippen molar-refractivity contribution >= 4 is 5.91 Å². The fourth-order valence-electron chi connectivity index (χ4n) is 3.73. The van der Waals surface area contributed by atoms with Crippen LogP contribution < -0.4 is 4.74 Å². The summed E-state index contributed by atoms with van der Waals surface area (Å²) in [5.41, 5.74) is 1.19. The van der Waals surface area contributed by atoms with E-state index in [1.165, 1.54) is 5.56 Å². The molecule has 3 rings (SSSR count). The Labute approximate surface area is 149 Å². The lowest BCUT2D eigenvalue weighted by atomic mass is 10.1. The van der Waals surface area contributed by atoms with E-state index in [1.54, 1.807) is 26.1 Å². The maximum Gasteiger partial charge on any atom is 0.248 e. The minimum atomic E-state index is -0.00913. The van der Waals surface area contributed by atoms with E-state index in [-0.39, 0.29) is 24.7 Å². The first-order valence-corrected chi connectivity index (χ1v) is 8.89. The van der Waals surface area contributed by atoms with Crippen LogP contribution in [0.1, 0.15) is 18.4 Å². The monoisotopic (exact) mass is 348 g/mol. The zero-order valence-electron chi connectivity index (χ0n) is 15.3. The summed E-state index contributed by atoms with van der Waals surface area (Å²) in [5, 5.41) is 0. The van der Waals surface area contributed by atoms with Gasteiger partial charge in [0.05, 0.1) is 25.9 Å². The van der Waals surface area contributed by atoms with Crippen molar-refractivity contribution < 1.29 is 19.0 Å². The Bertz CT molecular complexity index is 593. The number of methoxy groups -OCH3 is 1. The summed E-state index contributed by atoms with van der Waals surface area (Å²) >= 11 is 0. The fourth-order valence-corrected chi connectivity index (χ4v) is 3.73. The van der Waals surface area contributed by atoms with Crippen LogP contribution in [0, 0.1) is 0 Å². The predicted molar refractivity (Wildman–Crippen MR) is 94.6 cm³/mol. The van der Waals surface area contributed by atoms with Crippen molar-refractivity contribution in [3.63, 3.8) is 0 Å². The third-order valence-electron chi connectivity index (χ3n) is 5.14. The van der Waals surface area contributed by atoms with Gasteiger partial charge in [-0.15, -0.1) is 0 Å². The Balaban J connectivity index is 1.62. The highest BCUT2D eigenvalue weighted by atomic mass is 16.5. The summed E-state index contributed by atoms with van der Waals surface area (Å²) in [6.07, 6.45) is 1.99. The van der Waals surface area contributed by atoms with Crippen molar-refractivity contribution in [3.05, 3.63) is 29.8 Å². The van der Waals surface area contributed by atoms with Crippen LogP contribution in [0.25, 0.3) is 0 Å². The van der Waals surface area contributed by atoms with E-state index >= 15 is 0 Å². The molecule has 0 bridgehead atoms. The number of para-hydroxylation sites is 1. The molecule has 0 N–H and O–H groups in total. The van der Waals surface area contributed by atoms with E-state index in [0.29, 0.717) is 12.6 Å². The molecule has 6 heteroatoms. The number of carbonyl (C=O) groups excluding carboxylic acids is 1. The van der Waals surface area contributed by atoms with Gasteiger partial charge in [-0.1, -0.05) is 18.2 Å². The average Bonchev–Trinajstić information content (AvgIpc) is 3.04. The Morgan fingerprint density at radius 3 is 2.88 bits per heavy atom. The van der Waals surface area contributed by atoms with E-state index in [2.05, 4.69) is 11.0 Å². The molecule has 1 saturated heterocycles. The van der Waals surface area contributed by atoms with Gasteiger partial charge in [0.15, 0.2) is 0 Å². The second kappa shape index (κ2) is 8.17. The number of ether oxygens (including phenoxy) is 3. The highest BCUT2D eigenvalue weighted by molar-refractivity contribution is 5.76. The molecule has 0 aromatic heterocycles. The van der Waals surface area contributed by atoms with Gasteiger partial charge in [0.25, 0.3) is 0 Å². The van der Waals surface area contributed by atoms with Crippen LogP contribution in [0.4, 0.5) is 0 Å².